The summed E-state index contributed by atoms with van der Waals surface area (Å²) in [6, 6.07) is 1.81. The van der Waals surface area contributed by atoms with Crippen molar-refractivity contribution in [1.29, 1.82) is 5.26 Å². The molecule has 1 unspecified atom stereocenters. The van der Waals surface area contributed by atoms with Crippen molar-refractivity contribution in [2.75, 3.05) is 13.1 Å². The number of aliphatic imine (C=N–C) groups is 1. The van der Waals surface area contributed by atoms with Crippen LogP contribution in [0.25, 0.3) is 0 Å². The van der Waals surface area contributed by atoms with Gasteiger partial charge >= 0.3 is 0 Å². The van der Waals surface area contributed by atoms with Crippen molar-refractivity contribution in [3.8, 4) is 6.07 Å². The monoisotopic (exact) mass is 208 g/mol. The fourth-order valence-corrected chi connectivity index (χ4v) is 1.50. The molecule has 0 bridgehead atoms. The number of hydrogen-bond acceptors (Lipinski definition) is 3. The lowest BCUT2D eigenvalue weighted by molar-refractivity contribution is -0.122. The largest absolute Gasteiger partial charge is 0.362 e. The van der Waals surface area contributed by atoms with Crippen LogP contribution in [0.4, 0.5) is 0 Å². The van der Waals surface area contributed by atoms with E-state index in [0.29, 0.717) is 13.0 Å². The van der Waals surface area contributed by atoms with Crippen LogP contribution in [0.5, 0.6) is 0 Å². The maximum Gasteiger partial charge on any atom is 0.242 e. The summed E-state index contributed by atoms with van der Waals surface area (Å²) in [5.41, 5.74) is 0. The third kappa shape index (κ3) is 3.58. The fraction of sp³-hybridized carbons (Fsp3) is 0.700. The van der Waals surface area contributed by atoms with Crippen LogP contribution in [0.1, 0.15) is 26.2 Å². The van der Waals surface area contributed by atoms with Crippen LogP contribution >= 0.6 is 0 Å². The summed E-state index contributed by atoms with van der Waals surface area (Å²) < 4.78 is 0. The Morgan fingerprint density at radius 1 is 1.80 bits per heavy atom. The summed E-state index contributed by atoms with van der Waals surface area (Å²) in [6.45, 7) is 3.13. The van der Waals surface area contributed by atoms with Gasteiger partial charge in [-0.25, -0.2) is 0 Å². The van der Waals surface area contributed by atoms with E-state index >= 15 is 0 Å². The van der Waals surface area contributed by atoms with Gasteiger partial charge in [-0.2, -0.15) is 5.26 Å². The van der Waals surface area contributed by atoms with Gasteiger partial charge in [0, 0.05) is 19.5 Å². The maximum atomic E-state index is 11.5. The SMILES string of the molecule is CCN=C1CCC(C(=O)NCCC#N)N1. The van der Waals surface area contributed by atoms with Crippen LogP contribution < -0.4 is 10.6 Å². The molecular formula is C10H16N4O. The van der Waals surface area contributed by atoms with Gasteiger partial charge in [0.25, 0.3) is 0 Å². The van der Waals surface area contributed by atoms with Gasteiger partial charge in [-0.15, -0.1) is 0 Å². The second-order valence-corrected chi connectivity index (χ2v) is 3.36. The average Bonchev–Trinajstić information content (AvgIpc) is 2.67. The van der Waals surface area contributed by atoms with E-state index in [1.54, 1.807) is 0 Å². The zero-order valence-electron chi connectivity index (χ0n) is 8.92. The zero-order chi connectivity index (χ0) is 11.1. The molecule has 1 aliphatic rings. The second kappa shape index (κ2) is 6.02. The molecule has 0 spiro atoms. The number of rotatable bonds is 4. The smallest absolute Gasteiger partial charge is 0.242 e. The van der Waals surface area contributed by atoms with Crippen molar-refractivity contribution < 1.29 is 4.79 Å². The highest BCUT2D eigenvalue weighted by Gasteiger charge is 2.25. The number of nitrogens with one attached hydrogen (secondary N) is 2. The summed E-state index contributed by atoms with van der Waals surface area (Å²) in [7, 11) is 0. The van der Waals surface area contributed by atoms with Gasteiger partial charge < -0.3 is 10.6 Å². The van der Waals surface area contributed by atoms with E-state index in [1.807, 2.05) is 13.0 Å². The lowest BCUT2D eigenvalue weighted by atomic mass is 10.2. The molecular weight excluding hydrogens is 192 g/mol. The molecule has 0 aromatic heterocycles. The van der Waals surface area contributed by atoms with Crippen molar-refractivity contribution >= 4 is 11.7 Å². The van der Waals surface area contributed by atoms with Crippen molar-refractivity contribution in [2.45, 2.75) is 32.2 Å². The molecule has 1 rings (SSSR count). The summed E-state index contributed by atoms with van der Waals surface area (Å²) in [5.74, 6) is 0.879. The quantitative estimate of drug-likeness (QED) is 0.647. The maximum absolute atomic E-state index is 11.5. The summed E-state index contributed by atoms with van der Waals surface area (Å²) >= 11 is 0. The third-order valence-electron chi connectivity index (χ3n) is 2.21. The molecule has 2 N–H and O–H groups in total. The van der Waals surface area contributed by atoms with E-state index < -0.39 is 0 Å². The van der Waals surface area contributed by atoms with Crippen molar-refractivity contribution in [3.05, 3.63) is 0 Å². The van der Waals surface area contributed by atoms with Gasteiger partial charge in [-0.05, 0) is 13.3 Å². The highest BCUT2D eigenvalue weighted by molar-refractivity contribution is 5.93. The molecule has 82 valence electrons. The van der Waals surface area contributed by atoms with Crippen LogP contribution in [0, 0.1) is 11.3 Å². The minimum absolute atomic E-state index is 0.0356. The number of carbonyl (C=O) groups excluding carboxylic acids is 1. The van der Waals surface area contributed by atoms with Gasteiger partial charge in [0.05, 0.1) is 18.3 Å². The molecule has 0 aromatic carbocycles. The first-order valence-electron chi connectivity index (χ1n) is 5.22. The molecule has 15 heavy (non-hydrogen) atoms. The minimum Gasteiger partial charge on any atom is -0.362 e. The first-order valence-corrected chi connectivity index (χ1v) is 5.22. The van der Waals surface area contributed by atoms with Crippen LogP contribution in [0.15, 0.2) is 4.99 Å². The van der Waals surface area contributed by atoms with Crippen molar-refractivity contribution in [2.24, 2.45) is 4.99 Å². The Labute approximate surface area is 89.6 Å². The van der Waals surface area contributed by atoms with Gasteiger partial charge in [-0.1, -0.05) is 0 Å². The lowest BCUT2D eigenvalue weighted by Crippen LogP contribution is -2.41. The Kier molecular flexibility index (Phi) is 4.61. The molecule has 1 heterocycles. The normalized spacial score (nSPS) is 22.1. The molecule has 0 aliphatic carbocycles. The number of amidine groups is 1. The molecule has 1 amide bonds. The van der Waals surface area contributed by atoms with Crippen LogP contribution in [0.3, 0.4) is 0 Å². The predicted molar refractivity (Wildman–Crippen MR) is 57.4 cm³/mol. The van der Waals surface area contributed by atoms with E-state index in [4.69, 9.17) is 5.26 Å². The number of nitriles is 1. The molecule has 1 saturated heterocycles. The summed E-state index contributed by atoms with van der Waals surface area (Å²) in [4.78, 5) is 15.8. The van der Waals surface area contributed by atoms with E-state index in [2.05, 4.69) is 15.6 Å². The van der Waals surface area contributed by atoms with Gasteiger partial charge in [0.15, 0.2) is 0 Å². The highest BCUT2D eigenvalue weighted by atomic mass is 16.2. The first kappa shape index (κ1) is 11.5. The van der Waals surface area contributed by atoms with E-state index in [1.165, 1.54) is 0 Å². The molecule has 0 radical (unpaired) electrons. The Balaban J connectivity index is 2.31. The van der Waals surface area contributed by atoms with Gasteiger partial charge in [0.2, 0.25) is 5.91 Å². The predicted octanol–water partition coefficient (Wildman–Crippen LogP) is 0.187. The number of hydrogen-bond donors (Lipinski definition) is 2. The number of amides is 1. The van der Waals surface area contributed by atoms with E-state index in [-0.39, 0.29) is 11.9 Å². The molecule has 5 nitrogen and oxygen atoms in total. The standard InChI is InChI=1S/C10H16N4O/c1-2-12-9-5-4-8(14-9)10(15)13-7-3-6-11/h8H,2-5,7H2,1H3,(H,12,14)(H,13,15). The summed E-state index contributed by atoms with van der Waals surface area (Å²) in [6.07, 6.45) is 1.98. The molecule has 1 aliphatic heterocycles. The minimum atomic E-state index is -0.172. The molecule has 0 saturated carbocycles. The first-order chi connectivity index (χ1) is 7.27. The van der Waals surface area contributed by atoms with Crippen LogP contribution in [-0.4, -0.2) is 30.9 Å². The molecule has 1 fully saturated rings. The Hall–Kier alpha value is -1.57. The lowest BCUT2D eigenvalue weighted by Gasteiger charge is -2.10. The summed E-state index contributed by atoms with van der Waals surface area (Å²) in [5, 5.41) is 14.1. The van der Waals surface area contributed by atoms with Crippen molar-refractivity contribution in [3.63, 3.8) is 0 Å². The molecule has 1 atom stereocenters. The van der Waals surface area contributed by atoms with Gasteiger partial charge in [0.1, 0.15) is 6.04 Å². The zero-order valence-corrected chi connectivity index (χ0v) is 8.92. The molecule has 0 aromatic rings. The average molecular weight is 208 g/mol. The number of nitrogens with zero attached hydrogens (tertiary/aromatic N) is 2. The third-order valence-corrected chi connectivity index (χ3v) is 2.21. The topological polar surface area (TPSA) is 77.3 Å². The number of carbonyl (C=O) groups is 1. The molecule has 5 heteroatoms. The Morgan fingerprint density at radius 2 is 2.60 bits per heavy atom. The highest BCUT2D eigenvalue weighted by Crippen LogP contribution is 2.07. The van der Waals surface area contributed by atoms with Crippen LogP contribution in [0.2, 0.25) is 0 Å². The Bertz CT molecular complexity index is 292. The fourth-order valence-electron chi connectivity index (χ4n) is 1.50. The van der Waals surface area contributed by atoms with E-state index in [9.17, 15) is 4.79 Å². The Morgan fingerprint density at radius 3 is 3.27 bits per heavy atom. The van der Waals surface area contributed by atoms with Crippen LogP contribution in [-0.2, 0) is 4.79 Å². The second-order valence-electron chi connectivity index (χ2n) is 3.36. The van der Waals surface area contributed by atoms with Crippen molar-refractivity contribution in [1.82, 2.24) is 10.6 Å². The van der Waals surface area contributed by atoms with Gasteiger partial charge in [-0.3, -0.25) is 9.79 Å². The van der Waals surface area contributed by atoms with E-state index in [0.717, 1.165) is 25.2 Å².